The average molecular weight is 279 g/mol. The number of nitrogens with zero attached hydrogens (tertiary/aromatic N) is 3. The first-order valence-electron chi connectivity index (χ1n) is 6.98. The van der Waals surface area contributed by atoms with E-state index in [0.29, 0.717) is 17.9 Å². The number of aromatic nitrogens is 1. The van der Waals surface area contributed by atoms with Gasteiger partial charge in [-0.05, 0) is 26.1 Å². The van der Waals surface area contributed by atoms with Crippen molar-refractivity contribution >= 4 is 17.9 Å². The fourth-order valence-electron chi connectivity index (χ4n) is 1.97. The zero-order chi connectivity index (χ0) is 14.8. The maximum Gasteiger partial charge on any atom is 0.212 e. The van der Waals surface area contributed by atoms with Gasteiger partial charge in [-0.1, -0.05) is 6.92 Å². The van der Waals surface area contributed by atoms with E-state index in [-0.39, 0.29) is 0 Å². The Hall–Kier alpha value is -1.66. The molecule has 0 bridgehead atoms. The van der Waals surface area contributed by atoms with Crippen molar-refractivity contribution in [3.8, 4) is 0 Å². The summed E-state index contributed by atoms with van der Waals surface area (Å²) in [6, 6.07) is 3.23. The van der Waals surface area contributed by atoms with Gasteiger partial charge in [0, 0.05) is 44.1 Å². The lowest BCUT2D eigenvalue weighted by molar-refractivity contribution is -0.105. The Morgan fingerprint density at radius 1 is 1.40 bits per heavy atom. The Balaban J connectivity index is 0.000000200. The molecule has 0 radical (unpaired) electrons. The van der Waals surface area contributed by atoms with Gasteiger partial charge in [-0.15, -0.1) is 0 Å². The summed E-state index contributed by atoms with van der Waals surface area (Å²) in [5, 5.41) is 2.38. The molecule has 1 aliphatic heterocycles. The van der Waals surface area contributed by atoms with Gasteiger partial charge in [-0.2, -0.15) is 0 Å². The summed E-state index contributed by atoms with van der Waals surface area (Å²) >= 11 is 0. The van der Waals surface area contributed by atoms with Crippen LogP contribution < -0.4 is 11.1 Å². The molecule has 2 rings (SSSR count). The second-order valence-electron chi connectivity index (χ2n) is 4.88. The van der Waals surface area contributed by atoms with Crippen LogP contribution in [0.5, 0.6) is 0 Å². The minimum absolute atomic E-state index is 0.468. The van der Waals surface area contributed by atoms with E-state index in [1.165, 1.54) is 45.3 Å². The van der Waals surface area contributed by atoms with Crippen molar-refractivity contribution in [1.82, 2.24) is 14.8 Å². The van der Waals surface area contributed by atoms with Gasteiger partial charge < -0.3 is 20.9 Å². The molecule has 0 unspecified atom stereocenters. The number of carbonyl (C=O) groups is 1. The number of hydrogen-bond acceptors (Lipinski definition) is 5. The normalized spacial score (nSPS) is 16.1. The number of carbonyl (C=O) groups excluding carboxylic acids is 1. The Morgan fingerprint density at radius 3 is 2.65 bits per heavy atom. The van der Waals surface area contributed by atoms with Gasteiger partial charge in [-0.3, -0.25) is 4.79 Å². The van der Waals surface area contributed by atoms with Crippen LogP contribution >= 0.6 is 0 Å². The molecule has 0 aliphatic carbocycles. The molecule has 1 fully saturated rings. The maximum atomic E-state index is 9.89. The zero-order valence-corrected chi connectivity index (χ0v) is 12.4. The second-order valence-corrected chi connectivity index (χ2v) is 4.88. The molecule has 0 atom stereocenters. The summed E-state index contributed by atoms with van der Waals surface area (Å²) in [6.07, 6.45) is 3.38. The van der Waals surface area contributed by atoms with Gasteiger partial charge in [0.15, 0.2) is 0 Å². The van der Waals surface area contributed by atoms with Crippen molar-refractivity contribution in [3.05, 3.63) is 18.3 Å². The Bertz CT molecular complexity index is 391. The van der Waals surface area contributed by atoms with Crippen molar-refractivity contribution in [2.45, 2.75) is 13.3 Å². The lowest BCUT2D eigenvalue weighted by atomic mass is 10.3. The van der Waals surface area contributed by atoms with Crippen LogP contribution in [0.2, 0.25) is 0 Å². The number of pyridine rings is 1. The van der Waals surface area contributed by atoms with Crippen LogP contribution in [-0.4, -0.2) is 61.0 Å². The van der Waals surface area contributed by atoms with E-state index < -0.39 is 0 Å². The number of amides is 1. The monoisotopic (exact) mass is 279 g/mol. The van der Waals surface area contributed by atoms with E-state index >= 15 is 0 Å². The summed E-state index contributed by atoms with van der Waals surface area (Å²) in [5.41, 5.74) is 5.98. The molecule has 6 heteroatoms. The van der Waals surface area contributed by atoms with Crippen LogP contribution in [0.15, 0.2) is 18.3 Å². The lowest BCUT2D eigenvalue weighted by Gasteiger charge is -2.31. The van der Waals surface area contributed by atoms with Crippen molar-refractivity contribution in [2.24, 2.45) is 0 Å². The highest BCUT2D eigenvalue weighted by molar-refractivity contribution is 5.70. The van der Waals surface area contributed by atoms with Crippen molar-refractivity contribution in [1.29, 1.82) is 0 Å². The molecule has 1 aromatic rings. The first-order chi connectivity index (χ1) is 9.65. The highest BCUT2D eigenvalue weighted by Crippen LogP contribution is 2.05. The van der Waals surface area contributed by atoms with Gasteiger partial charge in [0.05, 0.1) is 0 Å². The average Bonchev–Trinajstić information content (AvgIpc) is 2.43. The minimum Gasteiger partial charge on any atom is -0.399 e. The molecule has 0 saturated carbocycles. The molecular formula is C14H25N5O. The number of anilines is 2. The third-order valence-electron chi connectivity index (χ3n) is 3.13. The van der Waals surface area contributed by atoms with Crippen molar-refractivity contribution in [3.63, 3.8) is 0 Å². The first-order valence-corrected chi connectivity index (χ1v) is 6.98. The predicted octanol–water partition coefficient (Wildman–Crippen LogP) is 0.876. The number of nitrogens with one attached hydrogen (secondary N) is 1. The third kappa shape index (κ3) is 6.49. The van der Waals surface area contributed by atoms with Crippen LogP contribution in [0.25, 0.3) is 0 Å². The van der Waals surface area contributed by atoms with E-state index in [1.807, 2.05) is 0 Å². The zero-order valence-electron chi connectivity index (χ0n) is 12.4. The van der Waals surface area contributed by atoms with Gasteiger partial charge in [0.2, 0.25) is 6.41 Å². The highest BCUT2D eigenvalue weighted by Gasteiger charge is 2.11. The molecule has 1 saturated heterocycles. The van der Waals surface area contributed by atoms with Crippen molar-refractivity contribution in [2.75, 3.05) is 50.8 Å². The molecule has 6 nitrogen and oxygen atoms in total. The largest absolute Gasteiger partial charge is 0.399 e. The molecule has 20 heavy (non-hydrogen) atoms. The molecule has 1 amide bonds. The summed E-state index contributed by atoms with van der Waals surface area (Å²) in [5.74, 6) is 0.468. The second kappa shape index (κ2) is 9.28. The molecule has 2 heterocycles. The standard InChI is InChI=1S/C8H18N2.C6H7N3O/c1-3-4-10-7-5-9(2)6-8-10;7-5-1-2-8-6(3-5)9-4-10/h3-8H2,1-2H3;1-4H,(H3,7,8,9,10). The van der Waals surface area contributed by atoms with E-state index in [1.54, 1.807) is 12.1 Å². The van der Waals surface area contributed by atoms with Crippen molar-refractivity contribution < 1.29 is 4.79 Å². The predicted molar refractivity (Wildman–Crippen MR) is 82.6 cm³/mol. The summed E-state index contributed by atoms with van der Waals surface area (Å²) in [7, 11) is 2.20. The van der Waals surface area contributed by atoms with E-state index in [4.69, 9.17) is 5.73 Å². The number of nitrogen functional groups attached to an aromatic ring is 1. The molecule has 1 aliphatic rings. The van der Waals surface area contributed by atoms with E-state index in [2.05, 4.69) is 34.1 Å². The van der Waals surface area contributed by atoms with Gasteiger partial charge in [-0.25, -0.2) is 4.98 Å². The van der Waals surface area contributed by atoms with E-state index in [9.17, 15) is 4.79 Å². The van der Waals surface area contributed by atoms with E-state index in [0.717, 1.165) is 0 Å². The quantitative estimate of drug-likeness (QED) is 0.800. The molecule has 1 aromatic heterocycles. The third-order valence-corrected chi connectivity index (χ3v) is 3.13. The fraction of sp³-hybridized carbons (Fsp3) is 0.571. The van der Waals surface area contributed by atoms with Crippen LogP contribution in [0.4, 0.5) is 11.5 Å². The van der Waals surface area contributed by atoms with Crippen LogP contribution in [-0.2, 0) is 4.79 Å². The van der Waals surface area contributed by atoms with Gasteiger partial charge in [0.25, 0.3) is 0 Å². The fourth-order valence-corrected chi connectivity index (χ4v) is 1.97. The molecular weight excluding hydrogens is 254 g/mol. The Morgan fingerprint density at radius 2 is 2.10 bits per heavy atom. The number of hydrogen-bond donors (Lipinski definition) is 2. The smallest absolute Gasteiger partial charge is 0.212 e. The highest BCUT2D eigenvalue weighted by atomic mass is 16.1. The molecule has 0 aromatic carbocycles. The number of rotatable bonds is 4. The number of likely N-dealkylation sites (N-methyl/N-ethyl adjacent to an activating group) is 1. The Kier molecular flexibility index (Phi) is 7.60. The summed E-state index contributed by atoms with van der Waals surface area (Å²) in [4.78, 5) is 18.6. The summed E-state index contributed by atoms with van der Waals surface area (Å²) < 4.78 is 0. The lowest BCUT2D eigenvalue weighted by Crippen LogP contribution is -2.44. The molecule has 112 valence electrons. The number of piperazine rings is 1. The number of nitrogens with two attached hydrogens (primary N) is 1. The SMILES string of the molecule is CCCN1CCN(C)CC1.Nc1ccnc(NC=O)c1. The molecule has 3 N–H and O–H groups in total. The van der Waals surface area contributed by atoms with Crippen LogP contribution in [0.1, 0.15) is 13.3 Å². The summed E-state index contributed by atoms with van der Waals surface area (Å²) in [6.45, 7) is 8.57. The van der Waals surface area contributed by atoms with Crippen LogP contribution in [0.3, 0.4) is 0 Å². The first kappa shape index (κ1) is 16.4. The Labute approximate surface area is 121 Å². The van der Waals surface area contributed by atoms with Gasteiger partial charge in [0.1, 0.15) is 5.82 Å². The van der Waals surface area contributed by atoms with Crippen LogP contribution in [0, 0.1) is 0 Å². The minimum atomic E-state index is 0.468. The topological polar surface area (TPSA) is 74.5 Å². The maximum absolute atomic E-state index is 9.89. The molecule has 0 spiro atoms. The van der Waals surface area contributed by atoms with Gasteiger partial charge >= 0.3 is 0 Å².